The first kappa shape index (κ1) is 15.5. The lowest BCUT2D eigenvalue weighted by Crippen LogP contribution is -2.49. The minimum Gasteiger partial charge on any atom is -0.493 e. The second kappa shape index (κ2) is 6.37. The average Bonchev–Trinajstić information content (AvgIpc) is 3.06. The normalized spacial score (nSPS) is 22.0. The molecule has 1 aliphatic carbocycles. The number of methoxy groups -OCH3 is 2. The van der Waals surface area contributed by atoms with E-state index in [4.69, 9.17) is 9.47 Å². The van der Waals surface area contributed by atoms with E-state index in [0.717, 1.165) is 24.5 Å². The molecule has 1 aromatic rings. The molecule has 0 N–H and O–H groups in total. The Kier molecular flexibility index (Phi) is 4.48. The molecule has 2 aliphatic rings. The van der Waals surface area contributed by atoms with Gasteiger partial charge < -0.3 is 19.3 Å². The molecule has 1 aliphatic heterocycles. The van der Waals surface area contributed by atoms with Crippen LogP contribution in [-0.2, 0) is 6.42 Å². The summed E-state index contributed by atoms with van der Waals surface area (Å²) in [6, 6.07) is 5.59. The van der Waals surface area contributed by atoms with Gasteiger partial charge in [0, 0.05) is 30.4 Å². The summed E-state index contributed by atoms with van der Waals surface area (Å²) in [5.74, 6) is 1.68. The van der Waals surface area contributed by atoms with Crippen molar-refractivity contribution in [3.63, 3.8) is 0 Å². The van der Waals surface area contributed by atoms with Crippen LogP contribution in [0, 0.1) is 0 Å². The summed E-state index contributed by atoms with van der Waals surface area (Å²) < 4.78 is 11.0. The summed E-state index contributed by atoms with van der Waals surface area (Å²) in [5.41, 5.74) is 2.73. The molecule has 1 atom stereocenters. The van der Waals surface area contributed by atoms with Crippen LogP contribution in [0.2, 0.25) is 0 Å². The Morgan fingerprint density at radius 2 is 1.68 bits per heavy atom. The standard InChI is InChI=1S/C18H28N2O2/c1-19(2)15-9-13-10-17(21-3)18(22-4)11-16(13)20(12-15)14-7-5-6-8-14/h10-11,14-15H,5-9,12H2,1-4H3. The zero-order valence-electron chi connectivity index (χ0n) is 14.3. The van der Waals surface area contributed by atoms with E-state index in [0.29, 0.717) is 12.1 Å². The number of likely N-dealkylation sites (N-methyl/N-ethyl adjacent to an activating group) is 1. The summed E-state index contributed by atoms with van der Waals surface area (Å²) in [6.45, 7) is 1.11. The van der Waals surface area contributed by atoms with Crippen LogP contribution in [0.3, 0.4) is 0 Å². The number of anilines is 1. The summed E-state index contributed by atoms with van der Waals surface area (Å²) in [7, 11) is 7.80. The van der Waals surface area contributed by atoms with Gasteiger partial charge in [0.05, 0.1) is 14.2 Å². The number of hydrogen-bond donors (Lipinski definition) is 0. The quantitative estimate of drug-likeness (QED) is 0.854. The van der Waals surface area contributed by atoms with Crippen LogP contribution in [0.15, 0.2) is 12.1 Å². The summed E-state index contributed by atoms with van der Waals surface area (Å²) in [4.78, 5) is 4.97. The van der Waals surface area contributed by atoms with Crippen molar-refractivity contribution in [3.8, 4) is 11.5 Å². The van der Waals surface area contributed by atoms with E-state index < -0.39 is 0 Å². The number of rotatable bonds is 4. The Balaban J connectivity index is 2.01. The predicted molar refractivity (Wildman–Crippen MR) is 90.3 cm³/mol. The lowest BCUT2D eigenvalue weighted by molar-refractivity contribution is 0.278. The van der Waals surface area contributed by atoms with E-state index in [9.17, 15) is 0 Å². The van der Waals surface area contributed by atoms with Gasteiger partial charge in [-0.1, -0.05) is 12.8 Å². The fraction of sp³-hybridized carbons (Fsp3) is 0.667. The first-order valence-corrected chi connectivity index (χ1v) is 8.32. The molecule has 0 saturated heterocycles. The number of ether oxygens (including phenoxy) is 2. The lowest BCUT2D eigenvalue weighted by atomic mass is 9.94. The minimum absolute atomic E-state index is 0.561. The highest BCUT2D eigenvalue weighted by Crippen LogP contribution is 2.41. The zero-order valence-corrected chi connectivity index (χ0v) is 14.3. The Labute approximate surface area is 134 Å². The number of hydrogen-bond acceptors (Lipinski definition) is 4. The topological polar surface area (TPSA) is 24.9 Å². The molecule has 3 rings (SSSR count). The number of nitrogens with zero attached hydrogens (tertiary/aromatic N) is 2. The Morgan fingerprint density at radius 1 is 1.05 bits per heavy atom. The molecule has 4 nitrogen and oxygen atoms in total. The largest absolute Gasteiger partial charge is 0.493 e. The molecule has 4 heteroatoms. The third-order valence-electron chi connectivity index (χ3n) is 5.25. The third-order valence-corrected chi connectivity index (χ3v) is 5.25. The third kappa shape index (κ3) is 2.76. The van der Waals surface area contributed by atoms with Crippen molar-refractivity contribution in [1.29, 1.82) is 0 Å². The molecular weight excluding hydrogens is 276 g/mol. The molecule has 0 spiro atoms. The molecule has 1 saturated carbocycles. The molecule has 0 radical (unpaired) electrons. The Hall–Kier alpha value is -1.42. The van der Waals surface area contributed by atoms with Gasteiger partial charge in [0.25, 0.3) is 0 Å². The van der Waals surface area contributed by atoms with Crippen molar-refractivity contribution in [2.75, 3.05) is 39.8 Å². The number of benzene rings is 1. The van der Waals surface area contributed by atoms with E-state index in [1.54, 1.807) is 14.2 Å². The fourth-order valence-electron chi connectivity index (χ4n) is 3.89. The maximum atomic E-state index is 5.53. The molecule has 1 heterocycles. The molecular formula is C18H28N2O2. The zero-order chi connectivity index (χ0) is 15.7. The van der Waals surface area contributed by atoms with Crippen LogP contribution in [0.5, 0.6) is 11.5 Å². The van der Waals surface area contributed by atoms with Crippen LogP contribution >= 0.6 is 0 Å². The second-order valence-electron chi connectivity index (χ2n) is 6.75. The molecule has 22 heavy (non-hydrogen) atoms. The smallest absolute Gasteiger partial charge is 0.162 e. The second-order valence-corrected chi connectivity index (χ2v) is 6.75. The van der Waals surface area contributed by atoms with Gasteiger partial charge in [-0.25, -0.2) is 0 Å². The van der Waals surface area contributed by atoms with Gasteiger partial charge in [0.15, 0.2) is 11.5 Å². The maximum absolute atomic E-state index is 5.53. The molecule has 0 bridgehead atoms. The van der Waals surface area contributed by atoms with Gasteiger partial charge in [0.1, 0.15) is 0 Å². The highest BCUT2D eigenvalue weighted by molar-refractivity contribution is 5.64. The molecule has 1 fully saturated rings. The molecule has 1 unspecified atom stereocenters. The van der Waals surface area contributed by atoms with E-state index >= 15 is 0 Å². The van der Waals surface area contributed by atoms with Crippen molar-refractivity contribution in [2.24, 2.45) is 0 Å². The monoisotopic (exact) mass is 304 g/mol. The predicted octanol–water partition coefficient (Wildman–Crippen LogP) is 2.94. The summed E-state index contributed by atoms with van der Waals surface area (Å²) >= 11 is 0. The van der Waals surface area contributed by atoms with Crippen molar-refractivity contribution >= 4 is 5.69 Å². The first-order valence-electron chi connectivity index (χ1n) is 8.32. The Bertz CT molecular complexity index is 524. The number of fused-ring (bicyclic) bond motifs is 1. The van der Waals surface area contributed by atoms with E-state index in [1.807, 2.05) is 0 Å². The van der Waals surface area contributed by atoms with Gasteiger partial charge in [-0.3, -0.25) is 0 Å². The van der Waals surface area contributed by atoms with Crippen molar-refractivity contribution < 1.29 is 9.47 Å². The molecule has 122 valence electrons. The molecule has 1 aromatic carbocycles. The van der Waals surface area contributed by atoms with Crippen molar-refractivity contribution in [1.82, 2.24) is 4.90 Å². The van der Waals surface area contributed by atoms with Gasteiger partial charge in [0.2, 0.25) is 0 Å². The van der Waals surface area contributed by atoms with E-state index in [2.05, 4.69) is 36.0 Å². The highest BCUT2D eigenvalue weighted by atomic mass is 16.5. The first-order chi connectivity index (χ1) is 10.6. The molecule has 0 aromatic heterocycles. The van der Waals surface area contributed by atoms with Crippen LogP contribution < -0.4 is 14.4 Å². The van der Waals surface area contributed by atoms with Crippen LogP contribution in [0.1, 0.15) is 31.2 Å². The van der Waals surface area contributed by atoms with Crippen molar-refractivity contribution in [3.05, 3.63) is 17.7 Å². The van der Waals surface area contributed by atoms with Gasteiger partial charge in [-0.15, -0.1) is 0 Å². The molecule has 0 amide bonds. The van der Waals surface area contributed by atoms with Crippen molar-refractivity contribution in [2.45, 2.75) is 44.2 Å². The van der Waals surface area contributed by atoms with Gasteiger partial charge in [-0.2, -0.15) is 0 Å². The fourth-order valence-corrected chi connectivity index (χ4v) is 3.89. The van der Waals surface area contributed by atoms with Crippen LogP contribution in [0.4, 0.5) is 5.69 Å². The maximum Gasteiger partial charge on any atom is 0.162 e. The van der Waals surface area contributed by atoms with E-state index in [1.165, 1.54) is 36.9 Å². The summed E-state index contributed by atoms with van der Waals surface area (Å²) in [5, 5.41) is 0. The van der Waals surface area contributed by atoms with E-state index in [-0.39, 0.29) is 0 Å². The Morgan fingerprint density at radius 3 is 2.27 bits per heavy atom. The lowest BCUT2D eigenvalue weighted by Gasteiger charge is -2.42. The van der Waals surface area contributed by atoms with Gasteiger partial charge >= 0.3 is 0 Å². The average molecular weight is 304 g/mol. The minimum atomic E-state index is 0.561. The van der Waals surface area contributed by atoms with Crippen LogP contribution in [-0.4, -0.2) is 51.8 Å². The highest BCUT2D eigenvalue weighted by Gasteiger charge is 2.32. The SMILES string of the molecule is COc1cc2c(cc1OC)N(C1CCCC1)CC(N(C)C)C2. The summed E-state index contributed by atoms with van der Waals surface area (Å²) in [6.07, 6.45) is 6.42. The van der Waals surface area contributed by atoms with Crippen LogP contribution in [0.25, 0.3) is 0 Å². The van der Waals surface area contributed by atoms with Gasteiger partial charge in [-0.05, 0) is 45.0 Å².